The van der Waals surface area contributed by atoms with Gasteiger partial charge in [-0.05, 0) is 25.0 Å². The fraction of sp³-hybridized carbons (Fsp3) is 0.368. The molecule has 9 nitrogen and oxygen atoms in total. The first-order chi connectivity index (χ1) is 13.4. The summed E-state index contributed by atoms with van der Waals surface area (Å²) in [5.74, 6) is 0.180. The van der Waals surface area contributed by atoms with Gasteiger partial charge in [-0.3, -0.25) is 9.59 Å². The summed E-state index contributed by atoms with van der Waals surface area (Å²) in [6, 6.07) is 1.96. The molecular formula is C19H25N7O2. The molecule has 3 heterocycles. The molecule has 9 heteroatoms. The monoisotopic (exact) mass is 383 g/mol. The molecule has 0 spiro atoms. The number of nitrogens with one attached hydrogen (secondary N) is 1. The van der Waals surface area contributed by atoms with Crippen molar-refractivity contribution in [2.45, 2.75) is 18.9 Å². The van der Waals surface area contributed by atoms with Crippen LogP contribution in [0.1, 0.15) is 23.3 Å². The van der Waals surface area contributed by atoms with Gasteiger partial charge >= 0.3 is 0 Å². The zero-order chi connectivity index (χ0) is 20.3. The molecule has 148 valence electrons. The second-order valence-electron chi connectivity index (χ2n) is 6.88. The quantitative estimate of drug-likeness (QED) is 0.727. The van der Waals surface area contributed by atoms with E-state index in [9.17, 15) is 9.59 Å². The second-order valence-corrected chi connectivity index (χ2v) is 6.88. The van der Waals surface area contributed by atoms with Crippen LogP contribution in [0.15, 0.2) is 37.3 Å². The van der Waals surface area contributed by atoms with Gasteiger partial charge in [0.05, 0.1) is 11.9 Å². The number of carbonyl (C=O) groups is 2. The first-order valence-corrected chi connectivity index (χ1v) is 9.09. The van der Waals surface area contributed by atoms with Crippen molar-refractivity contribution in [2.24, 2.45) is 12.8 Å². The van der Waals surface area contributed by atoms with E-state index in [-0.39, 0.29) is 17.6 Å². The number of carbonyl (C=O) groups excluding carboxylic acids is 2. The first kappa shape index (κ1) is 19.4. The highest BCUT2D eigenvalue weighted by atomic mass is 16.2. The van der Waals surface area contributed by atoms with Crippen LogP contribution in [-0.2, 0) is 11.8 Å². The zero-order valence-electron chi connectivity index (χ0n) is 16.1. The molecule has 0 aromatic carbocycles. The van der Waals surface area contributed by atoms with Gasteiger partial charge in [-0.25, -0.2) is 9.97 Å². The molecule has 3 N–H and O–H groups in total. The average molecular weight is 383 g/mol. The van der Waals surface area contributed by atoms with Gasteiger partial charge in [0, 0.05) is 45.6 Å². The molecule has 2 aromatic rings. The Morgan fingerprint density at radius 3 is 2.89 bits per heavy atom. The molecular weight excluding hydrogens is 358 g/mol. The van der Waals surface area contributed by atoms with Gasteiger partial charge in [0.2, 0.25) is 5.91 Å². The number of likely N-dealkylation sites (N-methyl/N-ethyl adjacent to an activating group) is 1. The maximum atomic E-state index is 11.9. The Morgan fingerprint density at radius 2 is 2.25 bits per heavy atom. The van der Waals surface area contributed by atoms with Gasteiger partial charge in [0.15, 0.2) is 11.5 Å². The third kappa shape index (κ3) is 4.13. The highest BCUT2D eigenvalue weighted by Gasteiger charge is 2.27. The number of rotatable bonds is 6. The van der Waals surface area contributed by atoms with Gasteiger partial charge in [0.1, 0.15) is 5.82 Å². The lowest BCUT2D eigenvalue weighted by Crippen LogP contribution is -2.48. The van der Waals surface area contributed by atoms with Crippen LogP contribution in [-0.4, -0.2) is 57.4 Å². The Labute approximate surface area is 163 Å². The summed E-state index contributed by atoms with van der Waals surface area (Å²) in [7, 11) is 3.81. The average Bonchev–Trinajstić information content (AvgIpc) is 3.11. The van der Waals surface area contributed by atoms with Gasteiger partial charge in [-0.2, -0.15) is 0 Å². The number of hydrogen-bond acceptors (Lipinski definition) is 6. The summed E-state index contributed by atoms with van der Waals surface area (Å²) in [4.78, 5) is 36.3. The molecule has 0 bridgehead atoms. The minimum Gasteiger partial charge on any atom is -0.364 e. The van der Waals surface area contributed by atoms with Crippen LogP contribution in [0.25, 0.3) is 0 Å². The standard InChI is InChI=1S/C19H25N7O2/c1-4-16(27)26-8-5-6-14(12-26)25(3)15-10-21-17(18(20)28)19(23-15)22-13-7-9-24(2)11-13/h4,7,9-11,14H,1,5-6,8,12H2,2-3H3,(H2,20,28)(H,22,23)/t14-/m1/s1. The Hall–Kier alpha value is -3.36. The number of primary amides is 1. The maximum absolute atomic E-state index is 11.9. The maximum Gasteiger partial charge on any atom is 0.271 e. The van der Waals surface area contributed by atoms with Crippen LogP contribution in [0.5, 0.6) is 0 Å². The van der Waals surface area contributed by atoms with E-state index in [0.717, 1.165) is 25.1 Å². The number of nitrogens with zero attached hydrogens (tertiary/aromatic N) is 5. The van der Waals surface area contributed by atoms with E-state index in [1.807, 2.05) is 42.0 Å². The van der Waals surface area contributed by atoms with Crippen LogP contribution < -0.4 is 16.0 Å². The number of likely N-dealkylation sites (tertiary alicyclic amines) is 1. The van der Waals surface area contributed by atoms with Crippen LogP contribution >= 0.6 is 0 Å². The number of amides is 2. The molecule has 0 unspecified atom stereocenters. The molecule has 1 fully saturated rings. The van der Waals surface area contributed by atoms with E-state index in [1.165, 1.54) is 12.3 Å². The summed E-state index contributed by atoms with van der Waals surface area (Å²) in [5.41, 5.74) is 6.31. The number of hydrogen-bond donors (Lipinski definition) is 2. The normalized spacial score (nSPS) is 16.5. The van der Waals surface area contributed by atoms with Gasteiger partial charge in [-0.1, -0.05) is 6.58 Å². The van der Waals surface area contributed by atoms with Crippen LogP contribution in [0.3, 0.4) is 0 Å². The van der Waals surface area contributed by atoms with Crippen molar-refractivity contribution in [1.82, 2.24) is 19.4 Å². The third-order valence-electron chi connectivity index (χ3n) is 4.88. The number of nitrogens with two attached hydrogens (primary N) is 1. The number of anilines is 3. The van der Waals surface area contributed by atoms with E-state index in [2.05, 4.69) is 21.9 Å². The lowest BCUT2D eigenvalue weighted by Gasteiger charge is -2.37. The highest BCUT2D eigenvalue weighted by molar-refractivity contribution is 5.96. The van der Waals surface area contributed by atoms with E-state index in [0.29, 0.717) is 18.2 Å². The number of aryl methyl sites for hydroxylation is 1. The molecule has 28 heavy (non-hydrogen) atoms. The minimum atomic E-state index is -0.652. The molecule has 0 saturated carbocycles. The molecule has 1 saturated heterocycles. The van der Waals surface area contributed by atoms with Gasteiger partial charge < -0.3 is 25.4 Å². The van der Waals surface area contributed by atoms with Crippen molar-refractivity contribution >= 4 is 29.1 Å². The zero-order valence-corrected chi connectivity index (χ0v) is 16.1. The van der Waals surface area contributed by atoms with E-state index >= 15 is 0 Å². The van der Waals surface area contributed by atoms with Crippen molar-refractivity contribution in [1.29, 1.82) is 0 Å². The predicted molar refractivity (Wildman–Crippen MR) is 107 cm³/mol. The summed E-state index contributed by atoms with van der Waals surface area (Å²) in [6.45, 7) is 4.87. The molecule has 1 aliphatic heterocycles. The molecule has 0 radical (unpaired) electrons. The number of piperidine rings is 1. The molecule has 2 amide bonds. The molecule has 2 aromatic heterocycles. The lowest BCUT2D eigenvalue weighted by atomic mass is 10.0. The third-order valence-corrected chi connectivity index (χ3v) is 4.88. The predicted octanol–water partition coefficient (Wildman–Crippen LogP) is 1.27. The van der Waals surface area contributed by atoms with E-state index < -0.39 is 5.91 Å². The van der Waals surface area contributed by atoms with Crippen LogP contribution in [0.2, 0.25) is 0 Å². The first-order valence-electron chi connectivity index (χ1n) is 9.09. The van der Waals surface area contributed by atoms with Crippen molar-refractivity contribution in [3.63, 3.8) is 0 Å². The molecule has 1 atom stereocenters. The van der Waals surface area contributed by atoms with Crippen LogP contribution in [0, 0.1) is 0 Å². The van der Waals surface area contributed by atoms with Crippen LogP contribution in [0.4, 0.5) is 17.3 Å². The van der Waals surface area contributed by atoms with E-state index in [4.69, 9.17) is 5.73 Å². The lowest BCUT2D eigenvalue weighted by molar-refractivity contribution is -0.127. The van der Waals surface area contributed by atoms with E-state index in [1.54, 1.807) is 4.90 Å². The molecule has 1 aliphatic rings. The Bertz CT molecular complexity index is 892. The Kier molecular flexibility index (Phi) is 5.62. The van der Waals surface area contributed by atoms with Crippen molar-refractivity contribution in [3.05, 3.63) is 43.0 Å². The summed E-state index contributed by atoms with van der Waals surface area (Å²) < 4.78 is 1.88. The Morgan fingerprint density at radius 1 is 1.46 bits per heavy atom. The fourth-order valence-corrected chi connectivity index (χ4v) is 3.32. The second kappa shape index (κ2) is 8.12. The molecule has 3 rings (SSSR count). The fourth-order valence-electron chi connectivity index (χ4n) is 3.32. The Balaban J connectivity index is 1.84. The molecule has 0 aliphatic carbocycles. The SMILES string of the molecule is C=CC(=O)N1CCC[C@@H](N(C)c2cnc(C(N)=O)c(Nc3ccn(C)c3)n2)C1. The summed E-state index contributed by atoms with van der Waals surface area (Å²) in [5, 5.41) is 3.11. The smallest absolute Gasteiger partial charge is 0.271 e. The summed E-state index contributed by atoms with van der Waals surface area (Å²) in [6.07, 6.45) is 8.44. The van der Waals surface area contributed by atoms with Crippen molar-refractivity contribution in [3.8, 4) is 0 Å². The highest BCUT2D eigenvalue weighted by Crippen LogP contribution is 2.24. The van der Waals surface area contributed by atoms with Crippen molar-refractivity contribution in [2.75, 3.05) is 30.4 Å². The van der Waals surface area contributed by atoms with Gasteiger partial charge in [0.25, 0.3) is 5.91 Å². The van der Waals surface area contributed by atoms with Crippen molar-refractivity contribution < 1.29 is 9.59 Å². The number of aromatic nitrogens is 3. The topological polar surface area (TPSA) is 109 Å². The van der Waals surface area contributed by atoms with Gasteiger partial charge in [-0.15, -0.1) is 0 Å². The summed E-state index contributed by atoms with van der Waals surface area (Å²) >= 11 is 0. The minimum absolute atomic E-state index is 0.0697. The largest absolute Gasteiger partial charge is 0.364 e.